The van der Waals surface area contributed by atoms with Crippen molar-refractivity contribution in [3.05, 3.63) is 36.4 Å². The summed E-state index contributed by atoms with van der Waals surface area (Å²) >= 11 is 0. The van der Waals surface area contributed by atoms with Gasteiger partial charge in [-0.25, -0.2) is 4.98 Å². The highest BCUT2D eigenvalue weighted by molar-refractivity contribution is 5.54. The van der Waals surface area contributed by atoms with E-state index in [1.165, 1.54) is 0 Å². The largest absolute Gasteiger partial charge is 0.329 e. The van der Waals surface area contributed by atoms with Gasteiger partial charge in [-0.05, 0) is 26.0 Å². The molecule has 2 aromatic rings. The van der Waals surface area contributed by atoms with E-state index in [2.05, 4.69) is 14.5 Å². The van der Waals surface area contributed by atoms with Gasteiger partial charge in [-0.3, -0.25) is 4.98 Å². The lowest BCUT2D eigenvalue weighted by molar-refractivity contribution is 0.594. The van der Waals surface area contributed by atoms with Crippen molar-refractivity contribution in [3.63, 3.8) is 0 Å². The lowest BCUT2D eigenvalue weighted by Crippen LogP contribution is -2.22. The van der Waals surface area contributed by atoms with Crippen LogP contribution >= 0.6 is 0 Å². The summed E-state index contributed by atoms with van der Waals surface area (Å²) in [7, 11) is 0. The molecule has 0 unspecified atom stereocenters. The molecule has 1 atom stereocenters. The zero-order chi connectivity index (χ0) is 11.5. The van der Waals surface area contributed by atoms with E-state index in [0.29, 0.717) is 0 Å². The van der Waals surface area contributed by atoms with Gasteiger partial charge in [-0.15, -0.1) is 0 Å². The summed E-state index contributed by atoms with van der Waals surface area (Å²) < 4.78 is 2.05. The molecule has 2 aromatic heterocycles. The minimum Gasteiger partial charge on any atom is -0.329 e. The summed E-state index contributed by atoms with van der Waals surface area (Å²) in [6.45, 7) is 4.72. The van der Waals surface area contributed by atoms with Gasteiger partial charge in [0.1, 0.15) is 5.82 Å². The van der Waals surface area contributed by atoms with Crippen LogP contribution in [-0.4, -0.2) is 20.6 Å². The van der Waals surface area contributed by atoms with Crippen molar-refractivity contribution < 1.29 is 0 Å². The van der Waals surface area contributed by atoms with Crippen LogP contribution in [0.25, 0.3) is 11.4 Å². The van der Waals surface area contributed by atoms with E-state index in [1.807, 2.05) is 38.4 Å². The van der Waals surface area contributed by atoms with Gasteiger partial charge in [0.15, 0.2) is 0 Å². The third-order valence-electron chi connectivity index (χ3n) is 2.37. The van der Waals surface area contributed by atoms with Crippen LogP contribution in [0.2, 0.25) is 0 Å². The summed E-state index contributed by atoms with van der Waals surface area (Å²) in [5.41, 5.74) is 7.82. The molecule has 0 aliphatic carbocycles. The first-order valence-electron chi connectivity index (χ1n) is 5.36. The summed E-state index contributed by atoms with van der Waals surface area (Å²) in [6, 6.07) is 4.13. The normalized spacial score (nSPS) is 12.7. The topological polar surface area (TPSA) is 56.7 Å². The average molecular weight is 216 g/mol. The fourth-order valence-corrected chi connectivity index (χ4v) is 1.63. The van der Waals surface area contributed by atoms with Gasteiger partial charge in [-0.2, -0.15) is 0 Å². The van der Waals surface area contributed by atoms with E-state index in [0.717, 1.165) is 23.6 Å². The SMILES string of the molecule is Cc1ccc(-c2nccn2C[C@H](C)N)cn1. The lowest BCUT2D eigenvalue weighted by Gasteiger charge is -2.10. The van der Waals surface area contributed by atoms with Crippen LogP contribution in [0.1, 0.15) is 12.6 Å². The van der Waals surface area contributed by atoms with Crippen molar-refractivity contribution in [3.8, 4) is 11.4 Å². The molecule has 2 N–H and O–H groups in total. The lowest BCUT2D eigenvalue weighted by atomic mass is 10.2. The van der Waals surface area contributed by atoms with Gasteiger partial charge >= 0.3 is 0 Å². The highest BCUT2D eigenvalue weighted by atomic mass is 15.1. The standard InChI is InChI=1S/C12H16N4/c1-9(13)8-16-6-5-14-12(16)11-4-3-10(2)15-7-11/h3-7,9H,8,13H2,1-2H3/t9-/m0/s1. The zero-order valence-corrected chi connectivity index (χ0v) is 9.59. The number of aromatic nitrogens is 3. The molecule has 2 heterocycles. The quantitative estimate of drug-likeness (QED) is 0.847. The number of aryl methyl sites for hydroxylation is 1. The molecule has 0 aliphatic rings. The van der Waals surface area contributed by atoms with Gasteiger partial charge in [0.05, 0.1) is 0 Å². The molecule has 0 radical (unpaired) electrons. The smallest absolute Gasteiger partial charge is 0.141 e. The number of imidazole rings is 1. The van der Waals surface area contributed by atoms with Crippen molar-refractivity contribution in [1.29, 1.82) is 0 Å². The summed E-state index contributed by atoms with van der Waals surface area (Å²) in [5.74, 6) is 0.921. The van der Waals surface area contributed by atoms with E-state index in [9.17, 15) is 0 Å². The first-order valence-corrected chi connectivity index (χ1v) is 5.36. The molecular weight excluding hydrogens is 200 g/mol. The second-order valence-corrected chi connectivity index (χ2v) is 4.07. The van der Waals surface area contributed by atoms with Crippen LogP contribution < -0.4 is 5.73 Å². The average Bonchev–Trinajstić information content (AvgIpc) is 2.66. The van der Waals surface area contributed by atoms with Crippen LogP contribution in [0.4, 0.5) is 0 Å². The fourth-order valence-electron chi connectivity index (χ4n) is 1.63. The van der Waals surface area contributed by atoms with E-state index in [4.69, 9.17) is 5.73 Å². The highest BCUT2D eigenvalue weighted by Crippen LogP contribution is 2.16. The third kappa shape index (κ3) is 2.28. The first kappa shape index (κ1) is 10.8. The Kier molecular flexibility index (Phi) is 3.01. The number of rotatable bonds is 3. The Bertz CT molecular complexity index is 456. The molecular formula is C12H16N4. The minimum absolute atomic E-state index is 0.117. The molecule has 0 amide bonds. The van der Waals surface area contributed by atoms with Crippen LogP contribution in [0.15, 0.2) is 30.7 Å². The van der Waals surface area contributed by atoms with Crippen molar-refractivity contribution in [2.45, 2.75) is 26.4 Å². The van der Waals surface area contributed by atoms with Gasteiger partial charge in [0, 0.05) is 42.4 Å². The molecule has 4 nitrogen and oxygen atoms in total. The molecule has 2 rings (SSSR count). The van der Waals surface area contributed by atoms with Crippen LogP contribution in [-0.2, 0) is 6.54 Å². The van der Waals surface area contributed by atoms with Gasteiger partial charge in [0.2, 0.25) is 0 Å². The maximum atomic E-state index is 5.79. The van der Waals surface area contributed by atoms with Gasteiger partial charge in [-0.1, -0.05) is 0 Å². The summed E-state index contributed by atoms with van der Waals surface area (Å²) in [6.07, 6.45) is 5.57. The van der Waals surface area contributed by atoms with Crippen molar-refractivity contribution >= 4 is 0 Å². The highest BCUT2D eigenvalue weighted by Gasteiger charge is 2.07. The van der Waals surface area contributed by atoms with Crippen LogP contribution in [0.3, 0.4) is 0 Å². The van der Waals surface area contributed by atoms with Crippen LogP contribution in [0.5, 0.6) is 0 Å². The van der Waals surface area contributed by atoms with Crippen molar-refractivity contribution in [2.75, 3.05) is 0 Å². The molecule has 4 heteroatoms. The number of hydrogen-bond donors (Lipinski definition) is 1. The molecule has 0 fully saturated rings. The molecule has 0 bridgehead atoms. The third-order valence-corrected chi connectivity index (χ3v) is 2.37. The van der Waals surface area contributed by atoms with Crippen molar-refractivity contribution in [1.82, 2.24) is 14.5 Å². The van der Waals surface area contributed by atoms with Crippen LogP contribution in [0, 0.1) is 6.92 Å². The first-order chi connectivity index (χ1) is 7.66. The number of pyridine rings is 1. The molecule has 0 aliphatic heterocycles. The Hall–Kier alpha value is -1.68. The molecule has 0 aromatic carbocycles. The van der Waals surface area contributed by atoms with E-state index in [1.54, 1.807) is 6.20 Å². The summed E-state index contributed by atoms with van der Waals surface area (Å²) in [4.78, 5) is 8.61. The fraction of sp³-hybridized carbons (Fsp3) is 0.333. The predicted molar refractivity (Wildman–Crippen MR) is 63.8 cm³/mol. The monoisotopic (exact) mass is 216 g/mol. The summed E-state index contributed by atoms with van der Waals surface area (Å²) in [5, 5.41) is 0. The predicted octanol–water partition coefficient (Wildman–Crippen LogP) is 1.60. The molecule has 0 saturated heterocycles. The maximum absolute atomic E-state index is 5.79. The van der Waals surface area contributed by atoms with E-state index >= 15 is 0 Å². The Morgan fingerprint density at radius 3 is 2.81 bits per heavy atom. The Morgan fingerprint density at radius 1 is 1.38 bits per heavy atom. The number of nitrogens with two attached hydrogens (primary N) is 1. The molecule has 84 valence electrons. The zero-order valence-electron chi connectivity index (χ0n) is 9.59. The van der Waals surface area contributed by atoms with Gasteiger partial charge < -0.3 is 10.3 Å². The minimum atomic E-state index is 0.117. The van der Waals surface area contributed by atoms with E-state index < -0.39 is 0 Å². The molecule has 0 spiro atoms. The number of nitrogens with zero attached hydrogens (tertiary/aromatic N) is 3. The van der Waals surface area contributed by atoms with Crippen molar-refractivity contribution in [2.24, 2.45) is 5.73 Å². The number of hydrogen-bond acceptors (Lipinski definition) is 3. The van der Waals surface area contributed by atoms with E-state index in [-0.39, 0.29) is 6.04 Å². The Balaban J connectivity index is 2.33. The second kappa shape index (κ2) is 4.45. The Labute approximate surface area is 95.1 Å². The second-order valence-electron chi connectivity index (χ2n) is 4.07. The molecule has 16 heavy (non-hydrogen) atoms. The Morgan fingerprint density at radius 2 is 2.19 bits per heavy atom. The molecule has 0 saturated carbocycles. The van der Waals surface area contributed by atoms with Gasteiger partial charge in [0.25, 0.3) is 0 Å². The maximum Gasteiger partial charge on any atom is 0.141 e.